The third-order valence-electron chi connectivity index (χ3n) is 5.18. The summed E-state index contributed by atoms with van der Waals surface area (Å²) in [5.41, 5.74) is 0.616. The predicted octanol–water partition coefficient (Wildman–Crippen LogP) is 1.63. The van der Waals surface area contributed by atoms with Crippen LogP contribution in [0.3, 0.4) is 0 Å². The molecule has 136 valence electrons. The van der Waals surface area contributed by atoms with Gasteiger partial charge in [-0.3, -0.25) is 14.6 Å². The molecule has 3 heterocycles. The molecule has 2 fully saturated rings. The molecule has 2 aliphatic rings. The molecule has 2 atom stereocenters. The van der Waals surface area contributed by atoms with Crippen LogP contribution >= 0.6 is 0 Å². The summed E-state index contributed by atoms with van der Waals surface area (Å²) in [4.78, 5) is 34.0. The van der Waals surface area contributed by atoms with Gasteiger partial charge in [-0.2, -0.15) is 4.98 Å². The van der Waals surface area contributed by atoms with Crippen LogP contribution in [0.25, 0.3) is 11.5 Å². The van der Waals surface area contributed by atoms with Crippen molar-refractivity contribution in [2.45, 2.75) is 25.7 Å². The number of pyridine rings is 1. The Bertz CT molecular complexity index is 803. The highest BCUT2D eigenvalue weighted by atomic mass is 16.5. The number of carboxylic acids is 1. The summed E-state index contributed by atoms with van der Waals surface area (Å²) in [6.07, 6.45) is 4.37. The lowest BCUT2D eigenvalue weighted by Gasteiger charge is -2.15. The summed E-state index contributed by atoms with van der Waals surface area (Å²) in [6, 6.07) is 5.43. The Hall–Kier alpha value is -2.77. The van der Waals surface area contributed by atoms with E-state index in [0.717, 1.165) is 12.8 Å². The second kappa shape index (κ2) is 6.86. The van der Waals surface area contributed by atoms with Gasteiger partial charge in [-0.15, -0.1) is 0 Å². The van der Waals surface area contributed by atoms with Crippen LogP contribution in [0.1, 0.15) is 25.2 Å². The third-order valence-corrected chi connectivity index (χ3v) is 5.18. The molecular formula is C18H20N4O4. The first-order valence-corrected chi connectivity index (χ1v) is 8.86. The van der Waals surface area contributed by atoms with Gasteiger partial charge >= 0.3 is 5.97 Å². The topological polar surface area (TPSA) is 109 Å². The van der Waals surface area contributed by atoms with Crippen molar-refractivity contribution < 1.29 is 19.2 Å². The molecule has 0 unspecified atom stereocenters. The lowest BCUT2D eigenvalue weighted by Crippen LogP contribution is -2.30. The summed E-state index contributed by atoms with van der Waals surface area (Å²) in [5, 5.41) is 13.3. The van der Waals surface area contributed by atoms with E-state index >= 15 is 0 Å². The number of amides is 1. The van der Waals surface area contributed by atoms with Crippen LogP contribution in [0.2, 0.25) is 0 Å². The second-order valence-electron chi connectivity index (χ2n) is 6.97. The molecule has 0 spiro atoms. The lowest BCUT2D eigenvalue weighted by atomic mass is 9.92. The van der Waals surface area contributed by atoms with Crippen molar-refractivity contribution in [3.8, 4) is 11.5 Å². The number of carbonyl (C=O) groups excluding carboxylic acids is 1. The fourth-order valence-electron chi connectivity index (χ4n) is 3.62. The Morgan fingerprint density at radius 1 is 1.27 bits per heavy atom. The number of carbonyl (C=O) groups is 2. The van der Waals surface area contributed by atoms with Crippen LogP contribution in [0.5, 0.6) is 0 Å². The first kappa shape index (κ1) is 16.7. The molecule has 1 aliphatic heterocycles. The lowest BCUT2D eigenvalue weighted by molar-refractivity contribution is -0.142. The molecular weight excluding hydrogens is 336 g/mol. The van der Waals surface area contributed by atoms with Crippen LogP contribution in [0.4, 0.5) is 0 Å². The maximum Gasteiger partial charge on any atom is 0.308 e. The van der Waals surface area contributed by atoms with Gasteiger partial charge < -0.3 is 14.5 Å². The quantitative estimate of drug-likeness (QED) is 0.837. The molecule has 0 radical (unpaired) electrons. The van der Waals surface area contributed by atoms with Gasteiger partial charge in [0.2, 0.25) is 17.6 Å². The normalized spacial score (nSPS) is 22.5. The highest BCUT2D eigenvalue weighted by Gasteiger charge is 2.46. The van der Waals surface area contributed by atoms with Gasteiger partial charge in [0, 0.05) is 32.1 Å². The number of nitrogens with zero attached hydrogens (tertiary/aromatic N) is 4. The Morgan fingerprint density at radius 3 is 2.81 bits per heavy atom. The Labute approximate surface area is 150 Å². The van der Waals surface area contributed by atoms with Crippen molar-refractivity contribution in [3.05, 3.63) is 30.3 Å². The van der Waals surface area contributed by atoms with E-state index in [0.29, 0.717) is 42.8 Å². The number of aromatic nitrogens is 3. The van der Waals surface area contributed by atoms with Gasteiger partial charge in [0.25, 0.3) is 0 Å². The number of hydrogen-bond donors (Lipinski definition) is 1. The average molecular weight is 356 g/mol. The highest BCUT2D eigenvalue weighted by molar-refractivity contribution is 5.79. The van der Waals surface area contributed by atoms with E-state index in [-0.39, 0.29) is 18.2 Å². The number of rotatable bonds is 6. The SMILES string of the molecule is O=C(O)[C@H]1CN(C(=O)CCc2nc(-c3ccccn3)no2)C[C@@H]1C1CC1. The molecule has 1 saturated heterocycles. The Balaban J connectivity index is 1.34. The number of carboxylic acid groups (broad SMARTS) is 1. The summed E-state index contributed by atoms with van der Waals surface area (Å²) < 4.78 is 5.19. The van der Waals surface area contributed by atoms with Crippen molar-refractivity contribution in [1.82, 2.24) is 20.0 Å². The fraction of sp³-hybridized carbons (Fsp3) is 0.500. The van der Waals surface area contributed by atoms with Crippen molar-refractivity contribution in [2.75, 3.05) is 13.1 Å². The van der Waals surface area contributed by atoms with Crippen molar-refractivity contribution in [2.24, 2.45) is 17.8 Å². The summed E-state index contributed by atoms with van der Waals surface area (Å²) in [6.45, 7) is 0.849. The number of aryl methyl sites for hydroxylation is 1. The molecule has 1 aliphatic carbocycles. The van der Waals surface area contributed by atoms with E-state index < -0.39 is 11.9 Å². The van der Waals surface area contributed by atoms with Gasteiger partial charge in [0.15, 0.2) is 0 Å². The van der Waals surface area contributed by atoms with Gasteiger partial charge in [-0.25, -0.2) is 0 Å². The van der Waals surface area contributed by atoms with E-state index in [2.05, 4.69) is 15.1 Å². The third kappa shape index (κ3) is 3.44. The Morgan fingerprint density at radius 2 is 2.12 bits per heavy atom. The molecule has 2 aromatic rings. The van der Waals surface area contributed by atoms with Gasteiger partial charge in [0.1, 0.15) is 5.69 Å². The molecule has 4 rings (SSSR count). The molecule has 26 heavy (non-hydrogen) atoms. The van der Waals surface area contributed by atoms with Crippen LogP contribution in [-0.2, 0) is 16.0 Å². The summed E-state index contributed by atoms with van der Waals surface area (Å²) >= 11 is 0. The largest absolute Gasteiger partial charge is 0.481 e. The monoisotopic (exact) mass is 356 g/mol. The van der Waals surface area contributed by atoms with Crippen LogP contribution in [-0.4, -0.2) is 50.1 Å². The van der Waals surface area contributed by atoms with E-state index in [1.54, 1.807) is 23.2 Å². The fourth-order valence-corrected chi connectivity index (χ4v) is 3.62. The molecule has 2 aromatic heterocycles. The van der Waals surface area contributed by atoms with Gasteiger partial charge in [-0.05, 0) is 36.8 Å². The number of hydrogen-bond acceptors (Lipinski definition) is 6. The predicted molar refractivity (Wildman–Crippen MR) is 89.8 cm³/mol. The van der Waals surface area contributed by atoms with E-state index in [1.807, 2.05) is 6.07 Å². The molecule has 0 bridgehead atoms. The molecule has 0 aromatic carbocycles. The van der Waals surface area contributed by atoms with Crippen LogP contribution < -0.4 is 0 Å². The van der Waals surface area contributed by atoms with E-state index in [9.17, 15) is 14.7 Å². The van der Waals surface area contributed by atoms with Crippen LogP contribution in [0.15, 0.2) is 28.9 Å². The number of likely N-dealkylation sites (tertiary alicyclic amines) is 1. The van der Waals surface area contributed by atoms with Gasteiger partial charge in [0.05, 0.1) is 5.92 Å². The number of aliphatic carboxylic acids is 1. The zero-order valence-electron chi connectivity index (χ0n) is 14.2. The minimum absolute atomic E-state index is 0.0583. The van der Waals surface area contributed by atoms with Crippen molar-refractivity contribution in [1.29, 1.82) is 0 Å². The van der Waals surface area contributed by atoms with E-state index in [4.69, 9.17) is 4.52 Å². The van der Waals surface area contributed by atoms with Crippen LogP contribution in [0, 0.1) is 17.8 Å². The maximum absolute atomic E-state index is 12.5. The minimum Gasteiger partial charge on any atom is -0.481 e. The maximum atomic E-state index is 12.5. The molecule has 1 saturated carbocycles. The van der Waals surface area contributed by atoms with Crippen molar-refractivity contribution in [3.63, 3.8) is 0 Å². The first-order valence-electron chi connectivity index (χ1n) is 8.86. The summed E-state index contributed by atoms with van der Waals surface area (Å²) in [7, 11) is 0. The van der Waals surface area contributed by atoms with Gasteiger partial charge in [-0.1, -0.05) is 11.2 Å². The Kier molecular flexibility index (Phi) is 4.40. The zero-order valence-corrected chi connectivity index (χ0v) is 14.2. The first-order chi connectivity index (χ1) is 12.6. The molecule has 1 N–H and O–H groups in total. The highest BCUT2D eigenvalue weighted by Crippen LogP contribution is 2.44. The summed E-state index contributed by atoms with van der Waals surface area (Å²) in [5.74, 6) is 0.0405. The average Bonchev–Trinajstić information content (AvgIpc) is 3.21. The zero-order chi connectivity index (χ0) is 18.1. The minimum atomic E-state index is -0.797. The molecule has 8 nitrogen and oxygen atoms in total. The molecule has 8 heteroatoms. The van der Waals surface area contributed by atoms with Crippen molar-refractivity contribution >= 4 is 11.9 Å². The second-order valence-corrected chi connectivity index (χ2v) is 6.97. The smallest absolute Gasteiger partial charge is 0.308 e. The van der Waals surface area contributed by atoms with E-state index in [1.165, 1.54) is 0 Å². The standard InChI is InChI=1S/C18H20N4O4/c23-16(22-9-12(11-4-5-11)13(10-22)18(24)25)7-6-15-20-17(21-26-15)14-3-1-2-8-19-14/h1-3,8,11-13H,4-7,9-10H2,(H,24,25)/t12-,13+/m1/s1. The molecule has 1 amide bonds.